The number of nitrogens with two attached hydrogens (primary N) is 1. The topological polar surface area (TPSA) is 53.7 Å². The van der Waals surface area contributed by atoms with Gasteiger partial charge in [0.1, 0.15) is 0 Å². The maximum absolute atomic E-state index is 6.48. The lowest BCUT2D eigenvalue weighted by atomic mass is 10.1. The zero-order valence-electron chi connectivity index (χ0n) is 15.4. The zero-order chi connectivity index (χ0) is 16.7. The number of unbranched alkanes of at least 4 members (excludes halogenated alkanes) is 4. The van der Waals surface area contributed by atoms with E-state index in [0.29, 0.717) is 19.8 Å². The van der Waals surface area contributed by atoms with Crippen molar-refractivity contribution in [3.05, 3.63) is 0 Å². The molecule has 0 fully saturated rings. The molecular weight excluding hydrogens is 294 g/mol. The van der Waals surface area contributed by atoms with Crippen LogP contribution in [-0.2, 0) is 13.3 Å². The van der Waals surface area contributed by atoms with Gasteiger partial charge in [0, 0.05) is 19.8 Å². The molecule has 0 aliphatic carbocycles. The highest BCUT2D eigenvalue weighted by Gasteiger charge is 2.47. The molecule has 0 saturated carbocycles. The standard InChI is InChI=1S/C17H39NO3Si/c1-5-9-10-11-12-13-17(18)22(19-14-6-2,20-15-7-3)21-16-8-4/h17H,5-16,18H2,1-4H3. The van der Waals surface area contributed by atoms with Gasteiger partial charge in [-0.25, -0.2) is 0 Å². The Morgan fingerprint density at radius 3 is 1.55 bits per heavy atom. The molecule has 0 heterocycles. The molecule has 0 amide bonds. The Hall–Kier alpha value is 0.0569. The van der Waals surface area contributed by atoms with Crippen LogP contribution < -0.4 is 5.73 Å². The first-order chi connectivity index (χ1) is 10.7. The van der Waals surface area contributed by atoms with E-state index in [4.69, 9.17) is 19.0 Å². The number of rotatable bonds is 16. The van der Waals surface area contributed by atoms with Crippen LogP contribution in [0.5, 0.6) is 0 Å². The van der Waals surface area contributed by atoms with Crippen molar-refractivity contribution in [3.63, 3.8) is 0 Å². The van der Waals surface area contributed by atoms with Crippen molar-refractivity contribution >= 4 is 8.80 Å². The van der Waals surface area contributed by atoms with Gasteiger partial charge in [-0.3, -0.25) is 0 Å². The summed E-state index contributed by atoms with van der Waals surface area (Å²) >= 11 is 0. The summed E-state index contributed by atoms with van der Waals surface area (Å²) in [6.45, 7) is 10.6. The van der Waals surface area contributed by atoms with Gasteiger partial charge in [-0.15, -0.1) is 0 Å². The summed E-state index contributed by atoms with van der Waals surface area (Å²) in [4.78, 5) is 0. The quantitative estimate of drug-likeness (QED) is 0.335. The first kappa shape index (κ1) is 22.1. The van der Waals surface area contributed by atoms with E-state index in [1.807, 2.05) is 0 Å². The fraction of sp³-hybridized carbons (Fsp3) is 1.00. The van der Waals surface area contributed by atoms with Gasteiger partial charge in [-0.1, -0.05) is 59.8 Å². The van der Waals surface area contributed by atoms with Crippen LogP contribution in [0.1, 0.15) is 85.5 Å². The monoisotopic (exact) mass is 333 g/mol. The van der Waals surface area contributed by atoms with Crippen LogP contribution in [0, 0.1) is 0 Å². The first-order valence-electron chi connectivity index (χ1n) is 9.34. The molecule has 4 nitrogen and oxygen atoms in total. The summed E-state index contributed by atoms with van der Waals surface area (Å²) in [5.74, 6) is 0. The van der Waals surface area contributed by atoms with Crippen LogP contribution in [-0.4, -0.2) is 34.3 Å². The van der Waals surface area contributed by atoms with E-state index in [1.165, 1.54) is 25.7 Å². The SMILES string of the molecule is CCCCCCCC(N)[Si](OCCC)(OCCC)OCCC. The Balaban J connectivity index is 4.58. The van der Waals surface area contributed by atoms with Gasteiger partial charge in [-0.05, 0) is 25.7 Å². The van der Waals surface area contributed by atoms with E-state index >= 15 is 0 Å². The summed E-state index contributed by atoms with van der Waals surface area (Å²) in [7, 11) is -2.75. The zero-order valence-corrected chi connectivity index (χ0v) is 16.4. The van der Waals surface area contributed by atoms with Crippen molar-refractivity contribution in [2.45, 2.75) is 91.1 Å². The third kappa shape index (κ3) is 9.25. The molecule has 0 bridgehead atoms. The van der Waals surface area contributed by atoms with Crippen molar-refractivity contribution in [2.75, 3.05) is 19.8 Å². The number of hydrogen-bond acceptors (Lipinski definition) is 4. The molecule has 0 aromatic heterocycles. The minimum absolute atomic E-state index is 0.0984. The van der Waals surface area contributed by atoms with E-state index < -0.39 is 8.80 Å². The van der Waals surface area contributed by atoms with E-state index in [-0.39, 0.29) is 5.67 Å². The van der Waals surface area contributed by atoms with Gasteiger partial charge in [0.25, 0.3) is 0 Å². The summed E-state index contributed by atoms with van der Waals surface area (Å²) in [6, 6.07) is 0. The van der Waals surface area contributed by atoms with Crippen LogP contribution in [0.2, 0.25) is 0 Å². The maximum atomic E-state index is 6.48. The second kappa shape index (κ2) is 14.6. The minimum atomic E-state index is -2.75. The van der Waals surface area contributed by atoms with Crippen LogP contribution in [0.3, 0.4) is 0 Å². The molecule has 0 saturated heterocycles. The van der Waals surface area contributed by atoms with Gasteiger partial charge < -0.3 is 19.0 Å². The predicted octanol–water partition coefficient (Wildman–Crippen LogP) is 4.43. The van der Waals surface area contributed by atoms with Gasteiger partial charge in [-0.2, -0.15) is 0 Å². The third-order valence-corrected chi connectivity index (χ3v) is 6.61. The van der Waals surface area contributed by atoms with Gasteiger partial charge in [0.05, 0.1) is 5.67 Å². The van der Waals surface area contributed by atoms with E-state index in [2.05, 4.69) is 27.7 Å². The molecule has 5 heteroatoms. The average Bonchev–Trinajstić information content (AvgIpc) is 2.54. The smallest absolute Gasteiger partial charge is 0.373 e. The Kier molecular flexibility index (Phi) is 14.7. The first-order valence-corrected chi connectivity index (χ1v) is 11.1. The molecule has 22 heavy (non-hydrogen) atoms. The molecule has 0 aromatic rings. The lowest BCUT2D eigenvalue weighted by molar-refractivity contribution is 0.0495. The van der Waals surface area contributed by atoms with Gasteiger partial charge in [0.15, 0.2) is 0 Å². The second-order valence-electron chi connectivity index (χ2n) is 5.96. The Labute approximate surface area is 139 Å². The Bertz CT molecular complexity index is 220. The molecule has 1 unspecified atom stereocenters. The molecule has 0 radical (unpaired) electrons. The second-order valence-corrected chi connectivity index (χ2v) is 8.77. The molecule has 1 atom stereocenters. The summed E-state index contributed by atoms with van der Waals surface area (Å²) in [5, 5.41) is 0. The molecule has 134 valence electrons. The summed E-state index contributed by atoms with van der Waals surface area (Å²) in [5.41, 5.74) is 6.38. The van der Waals surface area contributed by atoms with Crippen molar-refractivity contribution in [1.29, 1.82) is 0 Å². The minimum Gasteiger partial charge on any atom is -0.373 e. The predicted molar refractivity (Wildman–Crippen MR) is 95.8 cm³/mol. The molecule has 0 aliphatic rings. The van der Waals surface area contributed by atoms with Gasteiger partial charge in [0.2, 0.25) is 0 Å². The Morgan fingerprint density at radius 1 is 0.682 bits per heavy atom. The lowest BCUT2D eigenvalue weighted by Gasteiger charge is -2.34. The molecule has 0 spiro atoms. The fourth-order valence-electron chi connectivity index (χ4n) is 2.32. The third-order valence-electron chi connectivity index (χ3n) is 3.59. The highest BCUT2D eigenvalue weighted by molar-refractivity contribution is 6.62. The average molecular weight is 334 g/mol. The number of hydrogen-bond donors (Lipinski definition) is 1. The lowest BCUT2D eigenvalue weighted by Crippen LogP contribution is -2.60. The Morgan fingerprint density at radius 2 is 1.14 bits per heavy atom. The van der Waals surface area contributed by atoms with Crippen LogP contribution in [0.15, 0.2) is 0 Å². The molecule has 0 rings (SSSR count). The summed E-state index contributed by atoms with van der Waals surface area (Å²) < 4.78 is 18.3. The highest BCUT2D eigenvalue weighted by Crippen LogP contribution is 2.20. The van der Waals surface area contributed by atoms with E-state index in [9.17, 15) is 0 Å². The van der Waals surface area contributed by atoms with Crippen molar-refractivity contribution < 1.29 is 13.3 Å². The van der Waals surface area contributed by atoms with Crippen molar-refractivity contribution in [1.82, 2.24) is 0 Å². The largest absolute Gasteiger partial charge is 0.518 e. The van der Waals surface area contributed by atoms with Crippen LogP contribution >= 0.6 is 0 Å². The van der Waals surface area contributed by atoms with E-state index in [0.717, 1.165) is 32.1 Å². The van der Waals surface area contributed by atoms with Crippen LogP contribution in [0.4, 0.5) is 0 Å². The fourth-order valence-corrected chi connectivity index (χ4v) is 5.24. The maximum Gasteiger partial charge on any atom is 0.518 e. The highest BCUT2D eigenvalue weighted by atomic mass is 28.4. The van der Waals surface area contributed by atoms with Crippen molar-refractivity contribution in [2.24, 2.45) is 5.73 Å². The van der Waals surface area contributed by atoms with E-state index in [1.54, 1.807) is 0 Å². The normalized spacial score (nSPS) is 13.5. The molecule has 0 aliphatic heterocycles. The van der Waals surface area contributed by atoms with Crippen LogP contribution in [0.25, 0.3) is 0 Å². The molecular formula is C17H39NO3Si. The summed E-state index contributed by atoms with van der Waals surface area (Å²) in [6.07, 6.45) is 10.1. The van der Waals surface area contributed by atoms with Crippen molar-refractivity contribution in [3.8, 4) is 0 Å². The molecule has 2 N–H and O–H groups in total. The van der Waals surface area contributed by atoms with Gasteiger partial charge >= 0.3 is 8.80 Å². The molecule has 0 aromatic carbocycles.